The molecule has 0 N–H and O–H groups in total. The van der Waals surface area contributed by atoms with Crippen molar-refractivity contribution in [3.8, 4) is 0 Å². The maximum absolute atomic E-state index is 13.0. The number of halogens is 1. The Kier molecular flexibility index (Phi) is 5.06. The molecule has 1 aliphatic rings. The second-order valence-corrected chi connectivity index (χ2v) is 9.18. The fourth-order valence-electron chi connectivity index (χ4n) is 2.90. The van der Waals surface area contributed by atoms with E-state index in [0.29, 0.717) is 23.1 Å². The smallest absolute Gasteiger partial charge is 0.269 e. The van der Waals surface area contributed by atoms with Crippen LogP contribution in [0.25, 0.3) is 0 Å². The van der Waals surface area contributed by atoms with Crippen LogP contribution >= 0.6 is 15.9 Å². The summed E-state index contributed by atoms with van der Waals surface area (Å²) in [6.07, 6.45) is 0.502. The van der Waals surface area contributed by atoms with Gasteiger partial charge >= 0.3 is 0 Å². The summed E-state index contributed by atoms with van der Waals surface area (Å²) in [5.41, 5.74) is 1.53. The van der Waals surface area contributed by atoms with Crippen molar-refractivity contribution in [2.24, 2.45) is 0 Å². The van der Waals surface area contributed by atoms with Gasteiger partial charge in [0.05, 0.1) is 9.82 Å². The van der Waals surface area contributed by atoms with Crippen LogP contribution in [0.3, 0.4) is 0 Å². The van der Waals surface area contributed by atoms with Crippen LogP contribution in [0.4, 0.5) is 11.4 Å². The van der Waals surface area contributed by atoms with Gasteiger partial charge < -0.3 is 4.90 Å². The lowest BCUT2D eigenvalue weighted by Crippen LogP contribution is -2.29. The van der Waals surface area contributed by atoms with Crippen LogP contribution in [0.15, 0.2) is 45.8 Å². The van der Waals surface area contributed by atoms with Gasteiger partial charge in [0, 0.05) is 48.5 Å². The highest BCUT2D eigenvalue weighted by molar-refractivity contribution is 9.10. The molecule has 0 spiro atoms. The third-order valence-corrected chi connectivity index (χ3v) is 7.16. The van der Waals surface area contributed by atoms with Gasteiger partial charge in [0.25, 0.3) is 11.6 Å². The molecule has 2 aromatic carbocycles. The Bertz CT molecular complexity index is 1050. The van der Waals surface area contributed by atoms with E-state index < -0.39 is 14.9 Å². The van der Waals surface area contributed by atoms with E-state index in [1.165, 1.54) is 43.3 Å². The number of amides is 1. The Labute approximate surface area is 164 Å². The van der Waals surface area contributed by atoms with E-state index in [0.717, 1.165) is 9.87 Å². The molecule has 0 fully saturated rings. The minimum atomic E-state index is -3.72. The summed E-state index contributed by atoms with van der Waals surface area (Å²) in [4.78, 5) is 24.9. The number of fused-ring (bicyclic) bond motifs is 1. The second-order valence-electron chi connectivity index (χ2n) is 6.21. The molecule has 0 saturated heterocycles. The maximum atomic E-state index is 13.0. The van der Waals surface area contributed by atoms with Crippen molar-refractivity contribution in [3.63, 3.8) is 0 Å². The molecular formula is C17H16BrN3O5S. The van der Waals surface area contributed by atoms with Crippen molar-refractivity contribution in [2.75, 3.05) is 25.5 Å². The highest BCUT2D eigenvalue weighted by Crippen LogP contribution is 2.33. The Hall–Kier alpha value is -2.30. The summed E-state index contributed by atoms with van der Waals surface area (Å²) in [6, 6.07) is 8.78. The number of carbonyl (C=O) groups is 1. The summed E-state index contributed by atoms with van der Waals surface area (Å²) in [6.45, 7) is 0.376. The van der Waals surface area contributed by atoms with Crippen LogP contribution in [-0.2, 0) is 16.4 Å². The molecule has 1 heterocycles. The summed E-state index contributed by atoms with van der Waals surface area (Å²) in [7, 11) is -0.889. The van der Waals surface area contributed by atoms with Gasteiger partial charge in [0.15, 0.2) is 0 Å². The van der Waals surface area contributed by atoms with Crippen molar-refractivity contribution < 1.29 is 18.1 Å². The largest absolute Gasteiger partial charge is 0.308 e. The molecule has 0 bridgehead atoms. The van der Waals surface area contributed by atoms with Crippen LogP contribution in [0, 0.1) is 10.1 Å². The van der Waals surface area contributed by atoms with E-state index >= 15 is 0 Å². The Balaban J connectivity index is 1.99. The highest BCUT2D eigenvalue weighted by atomic mass is 79.9. The first-order valence-electron chi connectivity index (χ1n) is 7.94. The van der Waals surface area contributed by atoms with Gasteiger partial charge in [0.2, 0.25) is 10.0 Å². The van der Waals surface area contributed by atoms with Crippen molar-refractivity contribution in [1.82, 2.24) is 4.31 Å². The van der Waals surface area contributed by atoms with Crippen molar-refractivity contribution in [3.05, 3.63) is 62.1 Å². The van der Waals surface area contributed by atoms with Crippen molar-refractivity contribution in [2.45, 2.75) is 11.3 Å². The lowest BCUT2D eigenvalue weighted by Gasteiger charge is -2.19. The fraction of sp³-hybridized carbons (Fsp3) is 0.235. The second kappa shape index (κ2) is 7.02. The zero-order chi connectivity index (χ0) is 19.9. The number of sulfonamides is 1. The predicted molar refractivity (Wildman–Crippen MR) is 103 cm³/mol. The number of anilines is 1. The molecule has 27 heavy (non-hydrogen) atoms. The molecule has 0 atom stereocenters. The third kappa shape index (κ3) is 3.47. The minimum Gasteiger partial charge on any atom is -0.308 e. The van der Waals surface area contributed by atoms with Gasteiger partial charge in [-0.25, -0.2) is 12.7 Å². The number of benzene rings is 2. The maximum Gasteiger partial charge on any atom is 0.269 e. The number of rotatable bonds is 4. The average Bonchev–Trinajstić information content (AvgIpc) is 3.04. The van der Waals surface area contributed by atoms with Gasteiger partial charge in [0.1, 0.15) is 0 Å². The van der Waals surface area contributed by atoms with E-state index in [1.54, 1.807) is 12.1 Å². The number of nitro benzene ring substituents is 1. The number of carbonyl (C=O) groups excluding carboxylic acids is 1. The monoisotopic (exact) mass is 453 g/mol. The molecule has 8 nitrogen and oxygen atoms in total. The molecule has 0 radical (unpaired) electrons. The first-order valence-corrected chi connectivity index (χ1v) is 10.2. The number of non-ortho nitro benzene ring substituents is 1. The molecule has 0 unspecified atom stereocenters. The molecule has 3 rings (SSSR count). The van der Waals surface area contributed by atoms with Gasteiger partial charge in [-0.05, 0) is 52.2 Å². The summed E-state index contributed by atoms with van der Waals surface area (Å²) in [5, 5.41) is 10.9. The molecule has 1 aliphatic heterocycles. The topological polar surface area (TPSA) is 101 Å². The standard InChI is InChI=1S/C17H16BrN3O5S/c1-19(2)27(25,26)16-10-12(3-5-14(16)18)17(22)20-8-7-11-9-13(21(23)24)4-6-15(11)20/h3-6,9-10H,7-8H2,1-2H3. The molecule has 0 aliphatic carbocycles. The van der Waals surface area contributed by atoms with E-state index in [4.69, 9.17) is 0 Å². The lowest BCUT2D eigenvalue weighted by molar-refractivity contribution is -0.384. The SMILES string of the molecule is CN(C)S(=O)(=O)c1cc(C(=O)N2CCc3cc([N+](=O)[O-])ccc32)ccc1Br. The first-order chi connectivity index (χ1) is 12.6. The van der Waals surface area contributed by atoms with Gasteiger partial charge in [-0.3, -0.25) is 14.9 Å². The average molecular weight is 454 g/mol. The molecule has 142 valence electrons. The minimum absolute atomic E-state index is 0.00136. The molecule has 2 aromatic rings. The number of nitro groups is 1. The number of hydrogen-bond donors (Lipinski definition) is 0. The van der Waals surface area contributed by atoms with Crippen LogP contribution in [-0.4, -0.2) is 44.2 Å². The van der Waals surface area contributed by atoms with Crippen molar-refractivity contribution >= 4 is 43.2 Å². The fourth-order valence-corrected chi connectivity index (χ4v) is 4.74. The Morgan fingerprint density at radius 3 is 2.56 bits per heavy atom. The van der Waals surface area contributed by atoms with Gasteiger partial charge in [-0.15, -0.1) is 0 Å². The number of hydrogen-bond acceptors (Lipinski definition) is 5. The zero-order valence-electron chi connectivity index (χ0n) is 14.5. The molecule has 10 heteroatoms. The van der Waals surface area contributed by atoms with Gasteiger partial charge in [-0.1, -0.05) is 0 Å². The summed E-state index contributed by atoms with van der Waals surface area (Å²) < 4.78 is 26.4. The predicted octanol–water partition coefficient (Wildman–Crippen LogP) is 2.81. The highest BCUT2D eigenvalue weighted by Gasteiger charge is 2.29. The molecule has 1 amide bonds. The Morgan fingerprint density at radius 1 is 1.22 bits per heavy atom. The number of nitrogens with zero attached hydrogens (tertiary/aromatic N) is 3. The van der Waals surface area contributed by atoms with Crippen LogP contribution in [0.2, 0.25) is 0 Å². The molecule has 0 saturated carbocycles. The molecular weight excluding hydrogens is 438 g/mol. The first kappa shape index (κ1) is 19.5. The van der Waals surface area contributed by atoms with E-state index in [2.05, 4.69) is 15.9 Å². The Morgan fingerprint density at radius 2 is 1.93 bits per heavy atom. The summed E-state index contributed by atoms with van der Waals surface area (Å²) >= 11 is 3.22. The van der Waals surface area contributed by atoms with Crippen LogP contribution in [0.1, 0.15) is 15.9 Å². The van der Waals surface area contributed by atoms with E-state index in [9.17, 15) is 23.3 Å². The zero-order valence-corrected chi connectivity index (χ0v) is 16.9. The quantitative estimate of drug-likeness (QED) is 0.523. The summed E-state index contributed by atoms with van der Waals surface area (Å²) in [5.74, 6) is -0.356. The van der Waals surface area contributed by atoms with E-state index in [-0.39, 0.29) is 22.1 Å². The van der Waals surface area contributed by atoms with Crippen LogP contribution in [0.5, 0.6) is 0 Å². The van der Waals surface area contributed by atoms with Gasteiger partial charge in [-0.2, -0.15) is 0 Å². The van der Waals surface area contributed by atoms with E-state index in [1.807, 2.05) is 0 Å². The van der Waals surface area contributed by atoms with Crippen molar-refractivity contribution in [1.29, 1.82) is 0 Å². The normalized spacial score (nSPS) is 13.7. The molecule has 0 aromatic heterocycles. The van der Waals surface area contributed by atoms with Crippen LogP contribution < -0.4 is 4.90 Å². The lowest BCUT2D eigenvalue weighted by atomic mass is 10.1. The third-order valence-electron chi connectivity index (χ3n) is 4.35.